The minimum atomic E-state index is -0.0734. The van der Waals surface area contributed by atoms with Gasteiger partial charge in [-0.2, -0.15) is 4.98 Å². The number of carbonyl (C=O) groups excluding carboxylic acids is 1. The molecule has 0 fully saturated rings. The van der Waals surface area contributed by atoms with Crippen molar-refractivity contribution in [2.24, 2.45) is 0 Å². The van der Waals surface area contributed by atoms with E-state index in [1.807, 2.05) is 56.3 Å². The Morgan fingerprint density at radius 3 is 2.60 bits per heavy atom. The molecule has 0 saturated carbocycles. The highest BCUT2D eigenvalue weighted by Gasteiger charge is 2.22. The molecule has 1 aromatic heterocycles. The summed E-state index contributed by atoms with van der Waals surface area (Å²) in [5.41, 5.74) is 1.50. The van der Waals surface area contributed by atoms with Crippen LogP contribution >= 0.6 is 15.9 Å². The van der Waals surface area contributed by atoms with E-state index >= 15 is 0 Å². The Kier molecular flexibility index (Phi) is 5.28. The number of rotatable bonds is 5. The predicted molar refractivity (Wildman–Crippen MR) is 98.9 cm³/mol. The quantitative estimate of drug-likeness (QED) is 0.631. The summed E-state index contributed by atoms with van der Waals surface area (Å²) < 4.78 is 6.21. The lowest BCUT2D eigenvalue weighted by Crippen LogP contribution is -2.36. The van der Waals surface area contributed by atoms with E-state index in [4.69, 9.17) is 4.52 Å². The van der Waals surface area contributed by atoms with Crippen molar-refractivity contribution in [3.05, 3.63) is 70.5 Å². The Labute approximate surface area is 154 Å². The first-order chi connectivity index (χ1) is 12.0. The predicted octanol–water partition coefficient (Wildman–Crippen LogP) is 4.55. The van der Waals surface area contributed by atoms with Crippen molar-refractivity contribution in [3.8, 4) is 11.4 Å². The van der Waals surface area contributed by atoms with Gasteiger partial charge in [0.05, 0.1) is 0 Å². The molecule has 0 N–H and O–H groups in total. The van der Waals surface area contributed by atoms with E-state index in [1.165, 1.54) is 0 Å². The van der Waals surface area contributed by atoms with Gasteiger partial charge in [-0.05, 0) is 32.0 Å². The first kappa shape index (κ1) is 17.4. The molecule has 0 radical (unpaired) electrons. The lowest BCUT2D eigenvalue weighted by molar-refractivity contribution is 0.0667. The van der Waals surface area contributed by atoms with Gasteiger partial charge in [-0.3, -0.25) is 4.79 Å². The zero-order chi connectivity index (χ0) is 17.8. The Balaban J connectivity index is 1.81. The molecule has 0 aliphatic carbocycles. The van der Waals surface area contributed by atoms with Crippen molar-refractivity contribution in [3.63, 3.8) is 0 Å². The highest BCUT2D eigenvalue weighted by Crippen LogP contribution is 2.19. The van der Waals surface area contributed by atoms with Crippen molar-refractivity contribution in [2.75, 3.05) is 0 Å². The van der Waals surface area contributed by atoms with Crippen LogP contribution in [0, 0.1) is 0 Å². The lowest BCUT2D eigenvalue weighted by atomic mass is 10.1. The summed E-state index contributed by atoms with van der Waals surface area (Å²) in [4.78, 5) is 19.0. The number of nitrogens with zero attached hydrogens (tertiary/aromatic N) is 3. The zero-order valence-corrected chi connectivity index (χ0v) is 15.6. The molecule has 0 bridgehead atoms. The number of halogens is 1. The van der Waals surface area contributed by atoms with Crippen LogP contribution in [0.5, 0.6) is 0 Å². The van der Waals surface area contributed by atoms with Crippen LogP contribution in [-0.4, -0.2) is 27.0 Å². The van der Waals surface area contributed by atoms with Gasteiger partial charge >= 0.3 is 0 Å². The summed E-state index contributed by atoms with van der Waals surface area (Å²) in [6.07, 6.45) is 0. The second-order valence-electron chi connectivity index (χ2n) is 5.91. The second kappa shape index (κ2) is 7.61. The standard InChI is InChI=1S/C19H18BrN3O2/c1-13(2)23(19(24)15-9-6-10-16(20)11-15)12-17-21-18(22-25-17)14-7-4-3-5-8-14/h3-11,13H,12H2,1-2H3. The van der Waals surface area contributed by atoms with E-state index in [-0.39, 0.29) is 18.5 Å². The number of carbonyl (C=O) groups is 1. The van der Waals surface area contributed by atoms with Crippen molar-refractivity contribution in [1.82, 2.24) is 15.0 Å². The van der Waals surface area contributed by atoms with E-state index in [2.05, 4.69) is 26.1 Å². The van der Waals surface area contributed by atoms with Gasteiger partial charge in [0.25, 0.3) is 5.91 Å². The molecular formula is C19H18BrN3O2. The largest absolute Gasteiger partial charge is 0.337 e. The van der Waals surface area contributed by atoms with E-state index in [1.54, 1.807) is 17.0 Å². The minimum absolute atomic E-state index is 0.00134. The van der Waals surface area contributed by atoms with Gasteiger partial charge in [0, 0.05) is 21.6 Å². The number of aromatic nitrogens is 2. The first-order valence-corrected chi connectivity index (χ1v) is 8.78. The molecule has 3 rings (SSSR count). The van der Waals surface area contributed by atoms with Crippen molar-refractivity contribution in [2.45, 2.75) is 26.4 Å². The number of hydrogen-bond donors (Lipinski definition) is 0. The SMILES string of the molecule is CC(C)N(Cc1nc(-c2ccccc2)no1)C(=O)c1cccc(Br)c1. The number of hydrogen-bond acceptors (Lipinski definition) is 4. The summed E-state index contributed by atoms with van der Waals surface area (Å²) in [5, 5.41) is 4.01. The van der Waals surface area contributed by atoms with Crippen molar-refractivity contribution < 1.29 is 9.32 Å². The highest BCUT2D eigenvalue weighted by molar-refractivity contribution is 9.10. The Hall–Kier alpha value is -2.47. The molecule has 0 atom stereocenters. The molecule has 25 heavy (non-hydrogen) atoms. The number of benzene rings is 2. The van der Waals surface area contributed by atoms with Gasteiger partial charge in [0.1, 0.15) is 6.54 Å². The molecule has 1 heterocycles. The third-order valence-electron chi connectivity index (χ3n) is 3.76. The van der Waals surface area contributed by atoms with Crippen LogP contribution in [0.4, 0.5) is 0 Å². The third-order valence-corrected chi connectivity index (χ3v) is 4.25. The monoisotopic (exact) mass is 399 g/mol. The molecule has 3 aromatic rings. The van der Waals surface area contributed by atoms with Gasteiger partial charge < -0.3 is 9.42 Å². The summed E-state index contributed by atoms with van der Waals surface area (Å²) in [5.74, 6) is 0.862. The molecule has 0 saturated heterocycles. The third kappa shape index (κ3) is 4.14. The van der Waals surface area contributed by atoms with Crippen LogP contribution < -0.4 is 0 Å². The zero-order valence-electron chi connectivity index (χ0n) is 14.0. The highest BCUT2D eigenvalue weighted by atomic mass is 79.9. The molecule has 0 unspecified atom stereocenters. The van der Waals surface area contributed by atoms with Gasteiger partial charge in [0.15, 0.2) is 0 Å². The van der Waals surface area contributed by atoms with Gasteiger partial charge in [-0.25, -0.2) is 0 Å². The first-order valence-electron chi connectivity index (χ1n) is 7.99. The van der Waals surface area contributed by atoms with Crippen LogP contribution in [0.1, 0.15) is 30.1 Å². The molecule has 6 heteroatoms. The van der Waals surface area contributed by atoms with E-state index < -0.39 is 0 Å². The summed E-state index contributed by atoms with van der Waals surface area (Å²) in [7, 11) is 0. The van der Waals surface area contributed by atoms with Crippen LogP contribution in [0.15, 0.2) is 63.6 Å². The lowest BCUT2D eigenvalue weighted by Gasteiger charge is -2.25. The maximum atomic E-state index is 12.8. The van der Waals surface area contributed by atoms with Crippen LogP contribution in [0.2, 0.25) is 0 Å². The molecule has 2 aromatic carbocycles. The van der Waals surface area contributed by atoms with Crippen LogP contribution in [-0.2, 0) is 6.54 Å². The molecule has 5 nitrogen and oxygen atoms in total. The molecule has 0 spiro atoms. The van der Waals surface area contributed by atoms with Crippen molar-refractivity contribution >= 4 is 21.8 Å². The van der Waals surface area contributed by atoms with E-state index in [0.717, 1.165) is 10.0 Å². The normalized spacial score (nSPS) is 10.9. The van der Waals surface area contributed by atoms with Crippen LogP contribution in [0.25, 0.3) is 11.4 Å². The molecule has 0 aliphatic heterocycles. The maximum Gasteiger partial charge on any atom is 0.254 e. The average molecular weight is 400 g/mol. The molecule has 1 amide bonds. The summed E-state index contributed by atoms with van der Waals surface area (Å²) in [6, 6.07) is 16.9. The average Bonchev–Trinajstić information content (AvgIpc) is 3.08. The Morgan fingerprint density at radius 2 is 1.92 bits per heavy atom. The van der Waals surface area contributed by atoms with Gasteiger partial charge in [0.2, 0.25) is 11.7 Å². The van der Waals surface area contributed by atoms with Crippen molar-refractivity contribution in [1.29, 1.82) is 0 Å². The van der Waals surface area contributed by atoms with E-state index in [9.17, 15) is 4.79 Å². The van der Waals surface area contributed by atoms with E-state index in [0.29, 0.717) is 17.3 Å². The summed E-state index contributed by atoms with van der Waals surface area (Å²) in [6.45, 7) is 4.19. The molecular weight excluding hydrogens is 382 g/mol. The fraction of sp³-hybridized carbons (Fsp3) is 0.211. The fourth-order valence-corrected chi connectivity index (χ4v) is 2.84. The van der Waals surface area contributed by atoms with Gasteiger partial charge in [-0.15, -0.1) is 0 Å². The van der Waals surface area contributed by atoms with Gasteiger partial charge in [-0.1, -0.05) is 57.5 Å². The molecule has 0 aliphatic rings. The maximum absolute atomic E-state index is 12.8. The Bertz CT molecular complexity index is 862. The minimum Gasteiger partial charge on any atom is -0.337 e. The topological polar surface area (TPSA) is 59.2 Å². The van der Waals surface area contributed by atoms with Crippen LogP contribution in [0.3, 0.4) is 0 Å². The molecule has 128 valence electrons. The Morgan fingerprint density at radius 1 is 1.16 bits per heavy atom. The smallest absolute Gasteiger partial charge is 0.254 e. The summed E-state index contributed by atoms with van der Waals surface area (Å²) >= 11 is 3.40. The second-order valence-corrected chi connectivity index (χ2v) is 6.83. The number of amides is 1. The fourth-order valence-electron chi connectivity index (χ4n) is 2.45.